The molecular formula is C18H10Cl2N2S. The Morgan fingerprint density at radius 1 is 1.13 bits per heavy atom. The Balaban J connectivity index is 1.97. The second kappa shape index (κ2) is 6.97. The lowest BCUT2D eigenvalue weighted by atomic mass is 10.1. The molecule has 0 saturated carbocycles. The van der Waals surface area contributed by atoms with Crippen LogP contribution in [0.15, 0.2) is 53.9 Å². The molecular weight excluding hydrogens is 347 g/mol. The van der Waals surface area contributed by atoms with Gasteiger partial charge in [-0.1, -0.05) is 59.6 Å². The fraction of sp³-hybridized carbons (Fsp3) is 0. The number of thiazole rings is 1. The molecule has 0 bridgehead atoms. The van der Waals surface area contributed by atoms with Gasteiger partial charge >= 0.3 is 0 Å². The van der Waals surface area contributed by atoms with E-state index in [-0.39, 0.29) is 0 Å². The van der Waals surface area contributed by atoms with E-state index in [0.717, 1.165) is 16.8 Å². The van der Waals surface area contributed by atoms with Gasteiger partial charge in [0, 0.05) is 21.0 Å². The van der Waals surface area contributed by atoms with Crippen molar-refractivity contribution < 1.29 is 0 Å². The number of aromatic nitrogens is 1. The molecule has 3 rings (SSSR count). The number of benzene rings is 2. The molecule has 0 N–H and O–H groups in total. The van der Waals surface area contributed by atoms with Gasteiger partial charge in [0.25, 0.3) is 0 Å². The summed E-state index contributed by atoms with van der Waals surface area (Å²) in [6, 6.07) is 17.2. The molecule has 5 heteroatoms. The van der Waals surface area contributed by atoms with E-state index >= 15 is 0 Å². The molecule has 2 aromatic carbocycles. The van der Waals surface area contributed by atoms with E-state index in [1.807, 2.05) is 35.7 Å². The van der Waals surface area contributed by atoms with Crippen LogP contribution in [0.2, 0.25) is 10.0 Å². The van der Waals surface area contributed by atoms with Gasteiger partial charge in [-0.2, -0.15) is 5.26 Å². The lowest BCUT2D eigenvalue weighted by Gasteiger charge is -2.00. The Kier molecular flexibility index (Phi) is 4.78. The second-order valence-corrected chi connectivity index (χ2v) is 6.44. The van der Waals surface area contributed by atoms with Crippen LogP contribution in [0.4, 0.5) is 0 Å². The lowest BCUT2D eigenvalue weighted by molar-refractivity contribution is 1.37. The highest BCUT2D eigenvalue weighted by Crippen LogP contribution is 2.29. The maximum absolute atomic E-state index is 9.45. The van der Waals surface area contributed by atoms with Crippen molar-refractivity contribution in [2.45, 2.75) is 0 Å². The average Bonchev–Trinajstić information content (AvgIpc) is 3.05. The minimum atomic E-state index is 0.474. The van der Waals surface area contributed by atoms with Gasteiger partial charge in [0.1, 0.15) is 11.1 Å². The van der Waals surface area contributed by atoms with Gasteiger partial charge in [-0.25, -0.2) is 4.98 Å². The summed E-state index contributed by atoms with van der Waals surface area (Å²) in [6.45, 7) is 0. The molecule has 0 aliphatic heterocycles. The third-order valence-corrected chi connectivity index (χ3v) is 4.62. The zero-order chi connectivity index (χ0) is 16.2. The maximum Gasteiger partial charge on any atom is 0.134 e. The molecule has 0 unspecified atom stereocenters. The minimum Gasteiger partial charge on any atom is -0.235 e. The van der Waals surface area contributed by atoms with Crippen molar-refractivity contribution in [2.75, 3.05) is 0 Å². The first kappa shape index (κ1) is 15.8. The van der Waals surface area contributed by atoms with Crippen molar-refractivity contribution in [3.63, 3.8) is 0 Å². The predicted molar refractivity (Wildman–Crippen MR) is 97.5 cm³/mol. The Hall–Kier alpha value is -2.12. The van der Waals surface area contributed by atoms with E-state index in [4.69, 9.17) is 23.2 Å². The zero-order valence-corrected chi connectivity index (χ0v) is 14.2. The van der Waals surface area contributed by atoms with Crippen LogP contribution in [0.3, 0.4) is 0 Å². The summed E-state index contributed by atoms with van der Waals surface area (Å²) in [5.74, 6) is 0. The molecule has 0 saturated heterocycles. The van der Waals surface area contributed by atoms with Crippen molar-refractivity contribution in [1.82, 2.24) is 4.98 Å². The summed E-state index contributed by atoms with van der Waals surface area (Å²) in [7, 11) is 0. The Bertz CT molecular complexity index is 908. The predicted octanol–water partition coefficient (Wildman–Crippen LogP) is 6.18. The first-order valence-electron chi connectivity index (χ1n) is 6.75. The van der Waals surface area contributed by atoms with Crippen molar-refractivity contribution in [2.24, 2.45) is 0 Å². The molecule has 0 spiro atoms. The fourth-order valence-electron chi connectivity index (χ4n) is 2.05. The van der Waals surface area contributed by atoms with Crippen LogP contribution in [0.1, 0.15) is 10.6 Å². The van der Waals surface area contributed by atoms with E-state index in [1.165, 1.54) is 11.3 Å². The first-order valence-corrected chi connectivity index (χ1v) is 8.39. The minimum absolute atomic E-state index is 0.474. The first-order chi connectivity index (χ1) is 11.2. The molecule has 0 fully saturated rings. The van der Waals surface area contributed by atoms with Gasteiger partial charge in [0.05, 0.1) is 11.3 Å². The summed E-state index contributed by atoms with van der Waals surface area (Å²) in [4.78, 5) is 4.55. The quantitative estimate of drug-likeness (QED) is 0.525. The third-order valence-electron chi connectivity index (χ3n) is 3.19. The van der Waals surface area contributed by atoms with Crippen LogP contribution in [0.5, 0.6) is 0 Å². The number of allylic oxidation sites excluding steroid dienone is 1. The fourth-order valence-corrected chi connectivity index (χ4v) is 3.31. The summed E-state index contributed by atoms with van der Waals surface area (Å²) >= 11 is 13.5. The summed E-state index contributed by atoms with van der Waals surface area (Å²) < 4.78 is 0. The van der Waals surface area contributed by atoms with Gasteiger partial charge in [-0.3, -0.25) is 0 Å². The number of hydrogen-bond donors (Lipinski definition) is 0. The monoisotopic (exact) mass is 356 g/mol. The molecule has 1 heterocycles. The summed E-state index contributed by atoms with van der Waals surface area (Å²) in [6.07, 6.45) is 1.73. The molecule has 0 aliphatic rings. The number of halogens is 2. The van der Waals surface area contributed by atoms with Gasteiger partial charge < -0.3 is 0 Å². The molecule has 2 nitrogen and oxygen atoms in total. The van der Waals surface area contributed by atoms with Gasteiger partial charge in [-0.05, 0) is 23.8 Å². The van der Waals surface area contributed by atoms with Gasteiger partial charge in [0.15, 0.2) is 0 Å². The van der Waals surface area contributed by atoms with E-state index < -0.39 is 0 Å². The molecule has 0 atom stereocenters. The van der Waals surface area contributed by atoms with Crippen molar-refractivity contribution >= 4 is 46.2 Å². The lowest BCUT2D eigenvalue weighted by Crippen LogP contribution is -1.83. The topological polar surface area (TPSA) is 36.7 Å². The Morgan fingerprint density at radius 3 is 2.61 bits per heavy atom. The van der Waals surface area contributed by atoms with Crippen molar-refractivity contribution in [1.29, 1.82) is 5.26 Å². The highest BCUT2D eigenvalue weighted by Gasteiger charge is 2.10. The average molecular weight is 357 g/mol. The normalized spacial score (nSPS) is 11.3. The molecule has 3 aromatic rings. The van der Waals surface area contributed by atoms with Gasteiger partial charge in [-0.15, -0.1) is 11.3 Å². The van der Waals surface area contributed by atoms with Crippen molar-refractivity contribution in [3.8, 4) is 17.3 Å². The third kappa shape index (κ3) is 3.62. The van der Waals surface area contributed by atoms with E-state index in [1.54, 1.807) is 24.3 Å². The Morgan fingerprint density at radius 2 is 1.91 bits per heavy atom. The van der Waals surface area contributed by atoms with Crippen LogP contribution in [-0.4, -0.2) is 4.98 Å². The zero-order valence-electron chi connectivity index (χ0n) is 11.8. The maximum atomic E-state index is 9.45. The largest absolute Gasteiger partial charge is 0.235 e. The summed E-state index contributed by atoms with van der Waals surface area (Å²) in [5, 5.41) is 13.1. The smallest absolute Gasteiger partial charge is 0.134 e. The standard InChI is InChI=1S/C18H10Cl2N2S/c19-15-7-6-13(16(20)9-15)8-14(10-21)18-22-17(11-23-18)12-4-2-1-3-5-12/h1-9,11H/b14-8-. The number of nitriles is 1. The second-order valence-electron chi connectivity index (χ2n) is 4.74. The van der Waals surface area contributed by atoms with Crippen LogP contribution < -0.4 is 0 Å². The number of hydrogen-bond acceptors (Lipinski definition) is 3. The molecule has 0 aliphatic carbocycles. The van der Waals surface area contributed by atoms with Crippen molar-refractivity contribution in [3.05, 3.63) is 74.5 Å². The molecule has 0 radical (unpaired) electrons. The molecule has 0 amide bonds. The SMILES string of the molecule is N#C/C(=C/c1ccc(Cl)cc1Cl)c1nc(-c2ccccc2)cs1. The molecule has 1 aromatic heterocycles. The van der Waals surface area contributed by atoms with Crippen LogP contribution in [0.25, 0.3) is 22.9 Å². The van der Waals surface area contributed by atoms with Gasteiger partial charge in [0.2, 0.25) is 0 Å². The summed E-state index contributed by atoms with van der Waals surface area (Å²) in [5.41, 5.74) is 3.09. The van der Waals surface area contributed by atoms with Crippen LogP contribution in [0, 0.1) is 11.3 Å². The van der Waals surface area contributed by atoms with E-state index in [2.05, 4.69) is 11.1 Å². The Labute approximate surface area is 148 Å². The number of nitrogens with zero attached hydrogens (tertiary/aromatic N) is 2. The van der Waals surface area contributed by atoms with Crippen LogP contribution >= 0.6 is 34.5 Å². The van der Waals surface area contributed by atoms with Crippen LogP contribution in [-0.2, 0) is 0 Å². The molecule has 112 valence electrons. The number of rotatable bonds is 3. The molecule has 23 heavy (non-hydrogen) atoms. The highest BCUT2D eigenvalue weighted by atomic mass is 35.5. The van der Waals surface area contributed by atoms with E-state index in [0.29, 0.717) is 20.6 Å². The van der Waals surface area contributed by atoms with E-state index in [9.17, 15) is 5.26 Å². The highest BCUT2D eigenvalue weighted by molar-refractivity contribution is 7.11.